The Morgan fingerprint density at radius 2 is 1.85 bits per heavy atom. The fourth-order valence-electron chi connectivity index (χ4n) is 1.62. The first kappa shape index (κ1) is 9.50. The summed E-state index contributed by atoms with van der Waals surface area (Å²) < 4.78 is 1.54. The normalized spacial score (nSPS) is 10.0. The van der Waals surface area contributed by atoms with Crippen LogP contribution in [0.15, 0.2) is 36.4 Å². The van der Waals surface area contributed by atoms with Crippen LogP contribution in [0.1, 0.15) is 5.56 Å². The molecule has 2 aromatic rings. The SMILES string of the molecule is Cc1ccc2ccccc2[c]1[Mg][Br]. The lowest BCUT2D eigenvalue weighted by molar-refractivity contribution is 1.54. The Morgan fingerprint density at radius 1 is 1.08 bits per heavy atom. The summed E-state index contributed by atoms with van der Waals surface area (Å²) in [5.41, 5.74) is 1.42. The van der Waals surface area contributed by atoms with Crippen molar-refractivity contribution in [3.63, 3.8) is 0 Å². The van der Waals surface area contributed by atoms with E-state index in [1.165, 1.54) is 20.0 Å². The summed E-state index contributed by atoms with van der Waals surface area (Å²) in [5.74, 6) is 0. The second-order valence-corrected chi connectivity index (χ2v) is 5.87. The minimum Gasteiger partial charge on any atom is -0.296 e. The number of halogens is 1. The van der Waals surface area contributed by atoms with Crippen LogP contribution in [0.3, 0.4) is 0 Å². The minimum atomic E-state index is -0.247. The van der Waals surface area contributed by atoms with Gasteiger partial charge in [0.25, 0.3) is 0 Å². The topological polar surface area (TPSA) is 0 Å². The van der Waals surface area contributed by atoms with Gasteiger partial charge in [-0.15, -0.1) is 3.69 Å². The van der Waals surface area contributed by atoms with E-state index in [9.17, 15) is 0 Å². The van der Waals surface area contributed by atoms with Gasteiger partial charge in [0, 0.05) is 0 Å². The predicted molar refractivity (Wildman–Crippen MR) is 63.0 cm³/mol. The molecule has 0 aliphatic carbocycles. The van der Waals surface area contributed by atoms with Crippen LogP contribution in [0.4, 0.5) is 0 Å². The molecule has 2 rings (SSSR count). The van der Waals surface area contributed by atoms with Gasteiger partial charge < -0.3 is 0 Å². The first-order valence-corrected chi connectivity index (χ1v) is 8.96. The molecular formula is C11H9BrMg. The van der Waals surface area contributed by atoms with Gasteiger partial charge in [-0.25, -0.2) is 0 Å². The highest BCUT2D eigenvalue weighted by molar-refractivity contribution is 9.23. The molecule has 0 radical (unpaired) electrons. The highest BCUT2D eigenvalue weighted by Gasteiger charge is 2.03. The Labute approximate surface area is 93.9 Å². The van der Waals surface area contributed by atoms with Crippen molar-refractivity contribution in [2.45, 2.75) is 6.92 Å². The van der Waals surface area contributed by atoms with Crippen LogP contribution in [0.25, 0.3) is 10.8 Å². The smallest absolute Gasteiger partial charge is 0.296 e. The Kier molecular flexibility index (Phi) is 2.91. The number of hydrogen-bond acceptors (Lipinski definition) is 0. The molecule has 62 valence electrons. The monoisotopic (exact) mass is 244 g/mol. The van der Waals surface area contributed by atoms with E-state index in [2.05, 4.69) is 56.2 Å². The van der Waals surface area contributed by atoms with E-state index in [1.54, 1.807) is 0 Å². The van der Waals surface area contributed by atoms with Crippen LogP contribution < -0.4 is 3.69 Å². The lowest BCUT2D eigenvalue weighted by atomic mass is 10.1. The highest BCUT2D eigenvalue weighted by atomic mass is 79.9. The van der Waals surface area contributed by atoms with Crippen LogP contribution in [0, 0.1) is 6.92 Å². The largest absolute Gasteiger partial charge is 0.508 e. The zero-order chi connectivity index (χ0) is 9.26. The van der Waals surface area contributed by atoms with Gasteiger partial charge in [0.1, 0.15) is 0 Å². The molecule has 0 heterocycles. The molecule has 0 saturated heterocycles. The molecule has 0 bridgehead atoms. The summed E-state index contributed by atoms with van der Waals surface area (Å²) in [6.45, 7) is 2.19. The van der Waals surface area contributed by atoms with Crippen molar-refractivity contribution < 1.29 is 0 Å². The van der Waals surface area contributed by atoms with Crippen molar-refractivity contribution >= 4 is 45.5 Å². The molecule has 2 aromatic carbocycles. The van der Waals surface area contributed by atoms with Crippen LogP contribution >= 0.6 is 12.9 Å². The third-order valence-corrected chi connectivity index (χ3v) is 5.30. The molecule has 2 heteroatoms. The second-order valence-electron chi connectivity index (χ2n) is 3.22. The predicted octanol–water partition coefficient (Wildman–Crippen LogP) is 2.79. The molecule has 0 unspecified atom stereocenters. The van der Waals surface area contributed by atoms with Crippen molar-refractivity contribution in [1.82, 2.24) is 0 Å². The number of hydrogen-bond donors (Lipinski definition) is 0. The zero-order valence-corrected chi connectivity index (χ0v) is 10.5. The van der Waals surface area contributed by atoms with Crippen molar-refractivity contribution in [3.05, 3.63) is 42.0 Å². The first-order valence-electron chi connectivity index (χ1n) is 4.36. The first-order chi connectivity index (χ1) is 6.33. The Hall–Kier alpha value is -0.0538. The summed E-state index contributed by atoms with van der Waals surface area (Å²) in [4.78, 5) is 0. The number of benzene rings is 2. The van der Waals surface area contributed by atoms with E-state index in [1.807, 2.05) is 0 Å². The molecule has 0 fully saturated rings. The number of rotatable bonds is 1. The molecule has 13 heavy (non-hydrogen) atoms. The van der Waals surface area contributed by atoms with Crippen molar-refractivity contribution in [3.8, 4) is 0 Å². The maximum absolute atomic E-state index is 3.67. The third kappa shape index (κ3) is 1.76. The molecule has 0 nitrogen and oxygen atoms in total. The molecule has 0 amide bonds. The lowest BCUT2D eigenvalue weighted by Gasteiger charge is -2.07. The summed E-state index contributed by atoms with van der Waals surface area (Å²) in [7, 11) is 0. The van der Waals surface area contributed by atoms with Gasteiger partial charge in [0.05, 0.1) is 0 Å². The zero-order valence-electron chi connectivity index (χ0n) is 7.55. The van der Waals surface area contributed by atoms with Gasteiger partial charge in [-0.2, -0.15) is 0 Å². The fourth-order valence-corrected chi connectivity index (χ4v) is 4.65. The summed E-state index contributed by atoms with van der Waals surface area (Å²) in [6, 6.07) is 13.0. The van der Waals surface area contributed by atoms with Gasteiger partial charge in [-0.05, 0) is 17.7 Å². The van der Waals surface area contributed by atoms with Crippen LogP contribution in [-0.4, -0.2) is 18.2 Å². The van der Waals surface area contributed by atoms with Crippen LogP contribution in [0.2, 0.25) is 0 Å². The lowest BCUT2D eigenvalue weighted by Crippen LogP contribution is -2.13. The van der Waals surface area contributed by atoms with Gasteiger partial charge >= 0.3 is 18.2 Å². The molecule has 0 N–H and O–H groups in total. The number of aryl methyl sites for hydroxylation is 1. The molecule has 0 aliphatic heterocycles. The van der Waals surface area contributed by atoms with Crippen LogP contribution in [0.5, 0.6) is 0 Å². The van der Waals surface area contributed by atoms with Gasteiger partial charge in [-0.1, -0.05) is 42.0 Å². The van der Waals surface area contributed by atoms with E-state index in [0.29, 0.717) is 0 Å². The maximum Gasteiger partial charge on any atom is 0.508 e. The molecule has 0 saturated carbocycles. The average Bonchev–Trinajstić information content (AvgIpc) is 2.18. The Balaban J connectivity index is 2.84. The van der Waals surface area contributed by atoms with Crippen LogP contribution in [-0.2, 0) is 0 Å². The van der Waals surface area contributed by atoms with Gasteiger partial charge in [0.2, 0.25) is 0 Å². The van der Waals surface area contributed by atoms with Crippen molar-refractivity contribution in [2.24, 2.45) is 0 Å². The standard InChI is InChI=1S/C11H9.BrH.Mg/c1-9-6-7-10-4-2-3-5-11(10)8-9;;/h2-7H,1H3;1H;/q;;+1/p-1. The van der Waals surface area contributed by atoms with Gasteiger partial charge in [0.15, 0.2) is 0 Å². The minimum absolute atomic E-state index is 0.247. The molecule has 0 atom stereocenters. The summed E-state index contributed by atoms with van der Waals surface area (Å²) >= 11 is 3.42. The Bertz CT molecular complexity index is 437. The molecule has 0 aliphatic rings. The van der Waals surface area contributed by atoms with Crippen molar-refractivity contribution in [2.75, 3.05) is 0 Å². The number of fused-ring (bicyclic) bond motifs is 1. The van der Waals surface area contributed by atoms with Gasteiger partial charge in [-0.3, -0.25) is 12.9 Å². The van der Waals surface area contributed by atoms with E-state index in [0.717, 1.165) is 0 Å². The average molecular weight is 245 g/mol. The van der Waals surface area contributed by atoms with Crippen molar-refractivity contribution in [1.29, 1.82) is 0 Å². The summed E-state index contributed by atoms with van der Waals surface area (Å²) in [6.07, 6.45) is 0. The second kappa shape index (κ2) is 3.99. The summed E-state index contributed by atoms with van der Waals surface area (Å²) in [5, 5.41) is 2.78. The molecule has 0 aromatic heterocycles. The van der Waals surface area contributed by atoms with E-state index in [-0.39, 0.29) is 18.2 Å². The third-order valence-electron chi connectivity index (χ3n) is 2.41. The van der Waals surface area contributed by atoms with E-state index >= 15 is 0 Å². The Morgan fingerprint density at radius 3 is 2.62 bits per heavy atom. The molecule has 0 spiro atoms. The van der Waals surface area contributed by atoms with E-state index in [4.69, 9.17) is 0 Å². The quantitative estimate of drug-likeness (QED) is 0.678. The highest BCUT2D eigenvalue weighted by Crippen LogP contribution is 2.13. The maximum atomic E-state index is 3.67. The fraction of sp³-hybridized carbons (Fsp3) is 0.0909. The van der Waals surface area contributed by atoms with E-state index < -0.39 is 0 Å². The molecular weight excluding hydrogens is 236 g/mol.